The van der Waals surface area contributed by atoms with E-state index in [0.29, 0.717) is 10.4 Å². The van der Waals surface area contributed by atoms with Gasteiger partial charge in [0.2, 0.25) is 0 Å². The Morgan fingerprint density at radius 1 is 0.947 bits per heavy atom. The molecule has 3 nitrogen and oxygen atoms in total. The van der Waals surface area contributed by atoms with Crippen LogP contribution >= 0.6 is 0 Å². The molecular weight excluding hydrogens is 258 g/mol. The molecule has 1 aromatic heterocycles. The number of aryl methyl sites for hydroxylation is 1. The Morgan fingerprint density at radius 2 is 1.68 bits per heavy atom. The van der Waals surface area contributed by atoms with Crippen LogP contribution in [0.2, 0.25) is 0 Å². The van der Waals surface area contributed by atoms with Crippen LogP contribution in [0.15, 0.2) is 65.7 Å². The molecule has 4 heteroatoms. The number of hydrogen-bond donors (Lipinski definition) is 0. The van der Waals surface area contributed by atoms with Gasteiger partial charge in [-0.15, -0.1) is 0 Å². The van der Waals surface area contributed by atoms with E-state index in [-0.39, 0.29) is 0 Å². The normalized spacial score (nSPS) is 11.8. The highest BCUT2D eigenvalue weighted by molar-refractivity contribution is 7.90. The van der Waals surface area contributed by atoms with E-state index in [4.69, 9.17) is 0 Å². The number of rotatable bonds is 2. The van der Waals surface area contributed by atoms with E-state index in [1.165, 1.54) is 3.97 Å². The summed E-state index contributed by atoms with van der Waals surface area (Å²) in [6, 6.07) is 16.1. The summed E-state index contributed by atoms with van der Waals surface area (Å²) in [4.78, 5) is 0.300. The summed E-state index contributed by atoms with van der Waals surface area (Å²) >= 11 is 0. The van der Waals surface area contributed by atoms with Crippen molar-refractivity contribution >= 4 is 20.9 Å². The summed E-state index contributed by atoms with van der Waals surface area (Å²) in [5.41, 5.74) is 1.75. The maximum atomic E-state index is 12.6. The van der Waals surface area contributed by atoms with Crippen molar-refractivity contribution in [2.24, 2.45) is 0 Å². The van der Waals surface area contributed by atoms with Gasteiger partial charge >= 0.3 is 0 Å². The summed E-state index contributed by atoms with van der Waals surface area (Å²) in [6.07, 6.45) is 1.60. The molecule has 0 saturated heterocycles. The Bertz CT molecular complexity index is 833. The molecule has 0 bridgehead atoms. The maximum absolute atomic E-state index is 12.6. The van der Waals surface area contributed by atoms with E-state index < -0.39 is 10.0 Å². The molecule has 0 spiro atoms. The highest BCUT2D eigenvalue weighted by atomic mass is 32.2. The highest BCUT2D eigenvalue weighted by Gasteiger charge is 2.18. The van der Waals surface area contributed by atoms with Crippen LogP contribution in [-0.2, 0) is 10.0 Å². The molecule has 0 amide bonds. The second kappa shape index (κ2) is 4.24. The molecule has 0 radical (unpaired) electrons. The lowest BCUT2D eigenvalue weighted by molar-refractivity contribution is 0.589. The van der Waals surface area contributed by atoms with E-state index in [1.54, 1.807) is 36.5 Å². The topological polar surface area (TPSA) is 39.1 Å². The summed E-state index contributed by atoms with van der Waals surface area (Å²) in [6.45, 7) is 1.95. The Balaban J connectivity index is 2.28. The van der Waals surface area contributed by atoms with Gasteiger partial charge in [-0.2, -0.15) is 0 Å². The molecule has 3 rings (SSSR count). The zero-order valence-corrected chi connectivity index (χ0v) is 11.3. The maximum Gasteiger partial charge on any atom is 0.268 e. The molecule has 0 saturated carbocycles. The minimum Gasteiger partial charge on any atom is -0.241 e. The van der Waals surface area contributed by atoms with E-state index >= 15 is 0 Å². The fourth-order valence-electron chi connectivity index (χ4n) is 2.13. The van der Waals surface area contributed by atoms with Crippen molar-refractivity contribution in [1.82, 2.24) is 3.97 Å². The van der Waals surface area contributed by atoms with E-state index in [2.05, 4.69) is 0 Å². The summed E-state index contributed by atoms with van der Waals surface area (Å²) in [5, 5.41) is 0.921. The van der Waals surface area contributed by atoms with Crippen molar-refractivity contribution < 1.29 is 8.42 Å². The van der Waals surface area contributed by atoms with Gasteiger partial charge in [0.1, 0.15) is 0 Å². The summed E-state index contributed by atoms with van der Waals surface area (Å²) in [7, 11) is -3.52. The molecule has 0 fully saturated rings. The Hall–Kier alpha value is -2.07. The van der Waals surface area contributed by atoms with Crippen LogP contribution in [0, 0.1) is 6.92 Å². The average Bonchev–Trinajstić information content (AvgIpc) is 2.83. The molecule has 2 aromatic carbocycles. The number of nitrogens with zero attached hydrogens (tertiary/aromatic N) is 1. The Labute approximate surface area is 112 Å². The molecular formula is C15H13NO2S. The third kappa shape index (κ3) is 1.94. The first kappa shape index (κ1) is 12.0. The quantitative estimate of drug-likeness (QED) is 0.718. The van der Waals surface area contributed by atoms with Crippen molar-refractivity contribution in [3.05, 3.63) is 66.4 Å². The zero-order valence-electron chi connectivity index (χ0n) is 10.4. The van der Waals surface area contributed by atoms with Gasteiger partial charge in [0, 0.05) is 11.6 Å². The lowest BCUT2D eigenvalue weighted by Gasteiger charge is -2.07. The molecule has 96 valence electrons. The van der Waals surface area contributed by atoms with Crippen LogP contribution in [0.25, 0.3) is 10.9 Å². The minimum atomic E-state index is -3.52. The Kier molecular flexibility index (Phi) is 2.68. The van der Waals surface area contributed by atoms with Gasteiger partial charge in [0.25, 0.3) is 10.0 Å². The SMILES string of the molecule is Cc1ccc2ccn(S(=O)(=O)c3ccccc3)c2c1. The van der Waals surface area contributed by atoms with Gasteiger partial charge < -0.3 is 0 Å². The molecule has 0 aliphatic heterocycles. The molecule has 19 heavy (non-hydrogen) atoms. The first-order chi connectivity index (χ1) is 9.09. The number of benzene rings is 2. The molecule has 1 heterocycles. The highest BCUT2D eigenvalue weighted by Crippen LogP contribution is 2.22. The van der Waals surface area contributed by atoms with Gasteiger partial charge in [-0.3, -0.25) is 0 Å². The number of aromatic nitrogens is 1. The van der Waals surface area contributed by atoms with Gasteiger partial charge in [-0.1, -0.05) is 30.3 Å². The molecule has 0 N–H and O–H groups in total. The van der Waals surface area contributed by atoms with Crippen molar-refractivity contribution in [3.63, 3.8) is 0 Å². The second-order valence-electron chi connectivity index (χ2n) is 4.49. The first-order valence-electron chi connectivity index (χ1n) is 5.97. The van der Waals surface area contributed by atoms with Crippen molar-refractivity contribution in [2.45, 2.75) is 11.8 Å². The van der Waals surface area contributed by atoms with E-state index in [9.17, 15) is 8.42 Å². The van der Waals surface area contributed by atoms with E-state index in [0.717, 1.165) is 10.9 Å². The third-order valence-corrected chi connectivity index (χ3v) is 4.82. The van der Waals surface area contributed by atoms with Gasteiger partial charge in [0.05, 0.1) is 10.4 Å². The predicted molar refractivity (Wildman–Crippen MR) is 75.7 cm³/mol. The van der Waals surface area contributed by atoms with E-state index in [1.807, 2.05) is 31.2 Å². The van der Waals surface area contributed by atoms with Crippen LogP contribution < -0.4 is 0 Å². The molecule has 3 aromatic rings. The second-order valence-corrected chi connectivity index (χ2v) is 6.31. The fraction of sp³-hybridized carbons (Fsp3) is 0.0667. The standard InChI is InChI=1S/C15H13NO2S/c1-12-7-8-13-9-10-16(15(13)11-12)19(17,18)14-5-3-2-4-6-14/h2-11H,1H3. The van der Waals surface area contributed by atoms with Crippen molar-refractivity contribution in [2.75, 3.05) is 0 Å². The van der Waals surface area contributed by atoms with Crippen LogP contribution in [0.3, 0.4) is 0 Å². The molecule has 0 aliphatic rings. The van der Waals surface area contributed by atoms with Crippen LogP contribution in [0.4, 0.5) is 0 Å². The first-order valence-corrected chi connectivity index (χ1v) is 7.41. The minimum absolute atomic E-state index is 0.300. The molecule has 0 atom stereocenters. The summed E-state index contributed by atoms with van der Waals surface area (Å²) in [5.74, 6) is 0. The van der Waals surface area contributed by atoms with Crippen LogP contribution in [-0.4, -0.2) is 12.4 Å². The van der Waals surface area contributed by atoms with Crippen LogP contribution in [0.5, 0.6) is 0 Å². The number of fused-ring (bicyclic) bond motifs is 1. The lowest BCUT2D eigenvalue weighted by atomic mass is 10.2. The van der Waals surface area contributed by atoms with Crippen molar-refractivity contribution in [3.8, 4) is 0 Å². The average molecular weight is 271 g/mol. The smallest absolute Gasteiger partial charge is 0.241 e. The largest absolute Gasteiger partial charge is 0.268 e. The fourth-order valence-corrected chi connectivity index (χ4v) is 3.50. The predicted octanol–water partition coefficient (Wildman–Crippen LogP) is 3.19. The third-order valence-electron chi connectivity index (χ3n) is 3.11. The Morgan fingerprint density at radius 3 is 2.42 bits per heavy atom. The zero-order chi connectivity index (χ0) is 13.5. The van der Waals surface area contributed by atoms with Gasteiger partial charge in [-0.25, -0.2) is 12.4 Å². The summed E-state index contributed by atoms with van der Waals surface area (Å²) < 4.78 is 26.5. The van der Waals surface area contributed by atoms with Gasteiger partial charge in [0.15, 0.2) is 0 Å². The van der Waals surface area contributed by atoms with Crippen LogP contribution in [0.1, 0.15) is 5.56 Å². The number of hydrogen-bond acceptors (Lipinski definition) is 2. The molecule has 0 unspecified atom stereocenters. The lowest BCUT2D eigenvalue weighted by Crippen LogP contribution is -2.11. The monoisotopic (exact) mass is 271 g/mol. The van der Waals surface area contributed by atoms with Gasteiger partial charge in [-0.05, 0) is 36.8 Å². The van der Waals surface area contributed by atoms with Crippen molar-refractivity contribution in [1.29, 1.82) is 0 Å². The molecule has 0 aliphatic carbocycles.